The fourth-order valence-corrected chi connectivity index (χ4v) is 2.05. The molecule has 0 bridgehead atoms. The first-order chi connectivity index (χ1) is 7.93. The van der Waals surface area contributed by atoms with Crippen molar-refractivity contribution >= 4 is 23.5 Å². The van der Waals surface area contributed by atoms with Crippen LogP contribution < -0.4 is 0 Å². The highest BCUT2D eigenvalue weighted by atomic mass is 35.5. The zero-order valence-electron chi connectivity index (χ0n) is 10.1. The number of alkyl halides is 1. The first-order valence-electron chi connectivity index (χ1n) is 5.60. The Balaban J connectivity index is 2.55. The lowest BCUT2D eigenvalue weighted by Crippen LogP contribution is -2.48. The SMILES string of the molecule is CCC(=O)O[C@@H]1[C@H](C)OC(OC(C)=O)C[C@@H]1Cl. The van der Waals surface area contributed by atoms with Gasteiger partial charge in [-0.25, -0.2) is 0 Å². The average Bonchev–Trinajstić information content (AvgIpc) is 2.22. The molecule has 0 spiro atoms. The topological polar surface area (TPSA) is 61.8 Å². The average molecular weight is 265 g/mol. The Labute approximate surface area is 105 Å². The Kier molecular flexibility index (Phi) is 5.21. The summed E-state index contributed by atoms with van der Waals surface area (Å²) in [6.45, 7) is 4.75. The number of rotatable bonds is 3. The number of hydrogen-bond donors (Lipinski definition) is 0. The van der Waals surface area contributed by atoms with Crippen molar-refractivity contribution in [1.82, 2.24) is 0 Å². The lowest BCUT2D eigenvalue weighted by molar-refractivity contribution is -0.221. The van der Waals surface area contributed by atoms with Gasteiger partial charge in [0.2, 0.25) is 6.29 Å². The minimum absolute atomic E-state index is 0.292. The van der Waals surface area contributed by atoms with E-state index in [0.717, 1.165) is 0 Å². The molecule has 0 N–H and O–H groups in total. The van der Waals surface area contributed by atoms with Crippen LogP contribution in [0.2, 0.25) is 0 Å². The normalized spacial score (nSPS) is 32.9. The maximum absolute atomic E-state index is 11.2. The van der Waals surface area contributed by atoms with Crippen LogP contribution in [-0.4, -0.2) is 35.8 Å². The Hall–Kier alpha value is -0.810. The van der Waals surface area contributed by atoms with Crippen molar-refractivity contribution in [3.8, 4) is 0 Å². The van der Waals surface area contributed by atoms with Gasteiger partial charge in [0, 0.05) is 19.8 Å². The molecule has 1 aliphatic rings. The second kappa shape index (κ2) is 6.21. The third kappa shape index (κ3) is 4.16. The molecular weight excluding hydrogens is 248 g/mol. The molecular formula is C11H17ClO5. The van der Waals surface area contributed by atoms with Crippen LogP contribution in [0.1, 0.15) is 33.6 Å². The Morgan fingerprint density at radius 1 is 1.41 bits per heavy atom. The van der Waals surface area contributed by atoms with Gasteiger partial charge in [-0.05, 0) is 6.92 Å². The summed E-state index contributed by atoms with van der Waals surface area (Å²) >= 11 is 6.11. The largest absolute Gasteiger partial charge is 0.458 e. The van der Waals surface area contributed by atoms with Gasteiger partial charge in [0.05, 0.1) is 11.5 Å². The van der Waals surface area contributed by atoms with Crippen LogP contribution in [0.4, 0.5) is 0 Å². The van der Waals surface area contributed by atoms with Crippen molar-refractivity contribution in [2.45, 2.75) is 57.5 Å². The van der Waals surface area contributed by atoms with Gasteiger partial charge in [-0.2, -0.15) is 0 Å². The monoisotopic (exact) mass is 264 g/mol. The van der Waals surface area contributed by atoms with E-state index in [-0.39, 0.29) is 5.97 Å². The molecule has 1 aliphatic heterocycles. The molecule has 4 atom stereocenters. The number of carbonyl (C=O) groups is 2. The summed E-state index contributed by atoms with van der Waals surface area (Å²) in [5, 5.41) is -0.418. The van der Waals surface area contributed by atoms with Gasteiger partial charge in [-0.1, -0.05) is 6.92 Å². The number of ether oxygens (including phenoxy) is 3. The smallest absolute Gasteiger partial charge is 0.305 e. The van der Waals surface area contributed by atoms with Crippen molar-refractivity contribution in [3.63, 3.8) is 0 Å². The van der Waals surface area contributed by atoms with Crippen molar-refractivity contribution in [2.75, 3.05) is 0 Å². The van der Waals surface area contributed by atoms with Crippen LogP contribution in [0.25, 0.3) is 0 Å². The third-order valence-corrected chi connectivity index (χ3v) is 2.88. The molecule has 0 aliphatic carbocycles. The molecule has 6 heteroatoms. The van der Waals surface area contributed by atoms with Crippen molar-refractivity contribution < 1.29 is 23.8 Å². The number of carbonyl (C=O) groups excluding carboxylic acids is 2. The van der Waals surface area contributed by atoms with Gasteiger partial charge in [-0.3, -0.25) is 9.59 Å². The maximum Gasteiger partial charge on any atom is 0.305 e. The van der Waals surface area contributed by atoms with Crippen LogP contribution in [0.15, 0.2) is 0 Å². The number of esters is 2. The van der Waals surface area contributed by atoms with E-state index in [9.17, 15) is 9.59 Å². The maximum atomic E-state index is 11.2. The molecule has 0 aromatic carbocycles. The molecule has 1 rings (SSSR count). The van der Waals surface area contributed by atoms with Crippen molar-refractivity contribution in [3.05, 3.63) is 0 Å². The number of halogens is 1. The van der Waals surface area contributed by atoms with Gasteiger partial charge < -0.3 is 14.2 Å². The summed E-state index contributed by atoms with van der Waals surface area (Å²) in [4.78, 5) is 22.0. The highest BCUT2D eigenvalue weighted by Gasteiger charge is 2.39. The lowest BCUT2D eigenvalue weighted by atomic mass is 10.1. The number of hydrogen-bond acceptors (Lipinski definition) is 5. The van der Waals surface area contributed by atoms with E-state index in [4.69, 9.17) is 25.8 Å². The Morgan fingerprint density at radius 3 is 2.53 bits per heavy atom. The predicted octanol–water partition coefficient (Wildman–Crippen LogP) is 1.61. The van der Waals surface area contributed by atoms with E-state index in [1.807, 2.05) is 0 Å². The Bertz CT molecular complexity index is 282. The summed E-state index contributed by atoms with van der Waals surface area (Å²) in [6.07, 6.45) is -0.962. The molecule has 17 heavy (non-hydrogen) atoms. The quantitative estimate of drug-likeness (QED) is 0.572. The Morgan fingerprint density at radius 2 is 2.06 bits per heavy atom. The highest BCUT2D eigenvalue weighted by Crippen LogP contribution is 2.27. The molecule has 98 valence electrons. The summed E-state index contributed by atoms with van der Waals surface area (Å²) < 4.78 is 15.5. The van der Waals surface area contributed by atoms with E-state index in [1.165, 1.54) is 6.92 Å². The summed E-state index contributed by atoms with van der Waals surface area (Å²) in [5.74, 6) is -0.739. The second-order valence-corrected chi connectivity index (χ2v) is 4.50. The van der Waals surface area contributed by atoms with E-state index >= 15 is 0 Å². The summed E-state index contributed by atoms with van der Waals surface area (Å²) in [6, 6.07) is 0. The molecule has 0 radical (unpaired) electrons. The summed E-state index contributed by atoms with van der Waals surface area (Å²) in [5.41, 5.74) is 0. The molecule has 0 aromatic rings. The van der Waals surface area contributed by atoms with Gasteiger partial charge in [0.15, 0.2) is 0 Å². The van der Waals surface area contributed by atoms with Crippen LogP contribution in [0.5, 0.6) is 0 Å². The third-order valence-electron chi connectivity index (χ3n) is 2.46. The van der Waals surface area contributed by atoms with Crippen LogP contribution in [-0.2, 0) is 23.8 Å². The van der Waals surface area contributed by atoms with Crippen molar-refractivity contribution in [2.24, 2.45) is 0 Å². The second-order valence-electron chi connectivity index (χ2n) is 3.94. The molecule has 0 aromatic heterocycles. The molecule has 5 nitrogen and oxygen atoms in total. The van der Waals surface area contributed by atoms with E-state index in [0.29, 0.717) is 12.8 Å². The molecule has 1 unspecified atom stereocenters. The molecule has 0 saturated carbocycles. The van der Waals surface area contributed by atoms with Crippen LogP contribution >= 0.6 is 11.6 Å². The fraction of sp³-hybridized carbons (Fsp3) is 0.818. The zero-order chi connectivity index (χ0) is 13.0. The van der Waals surface area contributed by atoms with Crippen LogP contribution in [0, 0.1) is 0 Å². The molecule has 1 saturated heterocycles. The predicted molar refractivity (Wildman–Crippen MR) is 60.5 cm³/mol. The van der Waals surface area contributed by atoms with Gasteiger partial charge in [0.25, 0.3) is 0 Å². The summed E-state index contributed by atoms with van der Waals surface area (Å²) in [7, 11) is 0. The van der Waals surface area contributed by atoms with E-state index in [1.54, 1.807) is 13.8 Å². The molecule has 1 heterocycles. The minimum Gasteiger partial charge on any atom is -0.458 e. The van der Waals surface area contributed by atoms with E-state index < -0.39 is 29.8 Å². The fourth-order valence-electron chi connectivity index (χ4n) is 1.65. The minimum atomic E-state index is -0.665. The highest BCUT2D eigenvalue weighted by molar-refractivity contribution is 6.21. The van der Waals surface area contributed by atoms with Gasteiger partial charge in [0.1, 0.15) is 6.10 Å². The van der Waals surface area contributed by atoms with Crippen molar-refractivity contribution in [1.29, 1.82) is 0 Å². The standard InChI is InChI=1S/C11H17ClO5/c1-4-9(14)17-11-6(2)15-10(5-8(11)12)16-7(3)13/h6,8,10-11H,4-5H2,1-3H3/t6-,8-,10?,11+/m0/s1. The first-order valence-corrected chi connectivity index (χ1v) is 6.04. The molecule has 0 amide bonds. The van der Waals surface area contributed by atoms with E-state index in [2.05, 4.69) is 0 Å². The van der Waals surface area contributed by atoms with Gasteiger partial charge in [-0.15, -0.1) is 11.6 Å². The van der Waals surface area contributed by atoms with Gasteiger partial charge >= 0.3 is 11.9 Å². The molecule has 1 fully saturated rings. The zero-order valence-corrected chi connectivity index (χ0v) is 10.9. The lowest BCUT2D eigenvalue weighted by Gasteiger charge is -2.36. The van der Waals surface area contributed by atoms with Crippen LogP contribution in [0.3, 0.4) is 0 Å². The first kappa shape index (κ1) is 14.3.